The van der Waals surface area contributed by atoms with Crippen molar-refractivity contribution >= 4 is 40.8 Å². The van der Waals surface area contributed by atoms with Gasteiger partial charge in [-0.25, -0.2) is 4.79 Å². The molecule has 5 nitrogen and oxygen atoms in total. The number of nitrogens with zero attached hydrogens (tertiary/aromatic N) is 3. The van der Waals surface area contributed by atoms with Gasteiger partial charge in [0.05, 0.1) is 16.6 Å². The van der Waals surface area contributed by atoms with Gasteiger partial charge in [0.25, 0.3) is 0 Å². The summed E-state index contributed by atoms with van der Waals surface area (Å²) in [6.45, 7) is 0.466. The third kappa shape index (κ3) is 3.72. The minimum atomic E-state index is -0.406. The number of halogens is 2. The van der Waals surface area contributed by atoms with Gasteiger partial charge in [0.15, 0.2) is 0 Å². The Balaban J connectivity index is 1.75. The van der Waals surface area contributed by atoms with Crippen LogP contribution in [0.1, 0.15) is 17.2 Å². The molecule has 7 heteroatoms. The number of carbonyl (C=O) groups excluding carboxylic acids is 1. The molecule has 0 radical (unpaired) electrons. The fourth-order valence-corrected chi connectivity index (χ4v) is 3.41. The minimum Gasteiger partial charge on any atom is -0.294 e. The molecule has 0 bridgehead atoms. The fraction of sp³-hybridized carbons (Fsp3) is 0.0952. The minimum absolute atomic E-state index is 0.271. The third-order valence-corrected chi connectivity index (χ3v) is 5.19. The van der Waals surface area contributed by atoms with Crippen LogP contribution in [-0.4, -0.2) is 16.9 Å². The molecule has 1 aliphatic rings. The number of amidine groups is 1. The van der Waals surface area contributed by atoms with Crippen LogP contribution in [0.25, 0.3) is 0 Å². The lowest BCUT2D eigenvalue weighted by molar-refractivity contribution is 0.252. The predicted octanol–water partition coefficient (Wildman–Crippen LogP) is 5.26. The maximum Gasteiger partial charge on any atom is 0.328 e. The smallest absolute Gasteiger partial charge is 0.294 e. The number of aromatic nitrogens is 1. The van der Waals surface area contributed by atoms with E-state index in [0.29, 0.717) is 28.1 Å². The maximum atomic E-state index is 12.8. The summed E-state index contributed by atoms with van der Waals surface area (Å²) >= 11 is 12.2. The van der Waals surface area contributed by atoms with E-state index < -0.39 is 6.04 Å². The molecule has 1 fully saturated rings. The van der Waals surface area contributed by atoms with E-state index in [1.54, 1.807) is 35.5 Å². The standard InChI is InChI=1S/C21H16Cl2N4O/c22-17-7-6-16(12-18(17)23)27-19(15-8-10-24-11-9-15)20(26-21(27)28)25-13-14-4-2-1-3-5-14/h1-12,19H,13H2,(H,25,26,28). The lowest BCUT2D eigenvalue weighted by Gasteiger charge is -2.23. The number of rotatable bonds is 4. The zero-order valence-electron chi connectivity index (χ0n) is 14.7. The molecular formula is C21H16Cl2N4O. The van der Waals surface area contributed by atoms with Crippen molar-refractivity contribution < 1.29 is 4.79 Å². The molecule has 1 aliphatic heterocycles. The van der Waals surface area contributed by atoms with Gasteiger partial charge in [0.1, 0.15) is 11.9 Å². The van der Waals surface area contributed by atoms with E-state index in [4.69, 9.17) is 23.2 Å². The molecule has 1 N–H and O–H groups in total. The molecule has 2 aromatic carbocycles. The molecule has 0 saturated carbocycles. The van der Waals surface area contributed by atoms with Gasteiger partial charge in [-0.2, -0.15) is 0 Å². The summed E-state index contributed by atoms with van der Waals surface area (Å²) in [5.74, 6) is 0.575. The van der Waals surface area contributed by atoms with Crippen LogP contribution in [-0.2, 0) is 6.54 Å². The first-order chi connectivity index (χ1) is 13.6. The molecule has 1 aromatic heterocycles. The van der Waals surface area contributed by atoms with Crippen LogP contribution in [0.3, 0.4) is 0 Å². The van der Waals surface area contributed by atoms with Crippen molar-refractivity contribution in [3.8, 4) is 0 Å². The maximum absolute atomic E-state index is 12.8. The molecule has 1 unspecified atom stereocenters. The number of amides is 2. The van der Waals surface area contributed by atoms with Crippen LogP contribution in [0, 0.1) is 0 Å². The van der Waals surface area contributed by atoms with Crippen LogP contribution in [0.5, 0.6) is 0 Å². The van der Waals surface area contributed by atoms with Crippen molar-refractivity contribution in [3.05, 3.63) is 94.2 Å². The van der Waals surface area contributed by atoms with Gasteiger partial charge in [0, 0.05) is 18.1 Å². The first-order valence-corrected chi connectivity index (χ1v) is 9.42. The van der Waals surface area contributed by atoms with Gasteiger partial charge >= 0.3 is 6.03 Å². The molecule has 1 saturated heterocycles. The number of hydrogen-bond donors (Lipinski definition) is 1. The number of urea groups is 1. The predicted molar refractivity (Wildman–Crippen MR) is 112 cm³/mol. The molecule has 140 valence electrons. The quantitative estimate of drug-likeness (QED) is 0.637. The molecule has 4 rings (SSSR count). The number of aliphatic imine (C=N–C) groups is 1. The number of anilines is 1. The normalized spacial score (nSPS) is 17.8. The second kappa shape index (κ2) is 8.00. The number of nitrogens with one attached hydrogen (secondary N) is 1. The van der Waals surface area contributed by atoms with Gasteiger partial charge in [-0.05, 0) is 41.5 Å². The highest BCUT2D eigenvalue weighted by Gasteiger charge is 2.38. The van der Waals surface area contributed by atoms with E-state index in [9.17, 15) is 4.79 Å². The summed E-state index contributed by atoms with van der Waals surface area (Å²) in [4.78, 5) is 23.2. The molecule has 28 heavy (non-hydrogen) atoms. The molecule has 0 spiro atoms. The topological polar surface area (TPSA) is 57.6 Å². The third-order valence-electron chi connectivity index (χ3n) is 4.45. The Hall–Kier alpha value is -2.89. The highest BCUT2D eigenvalue weighted by atomic mass is 35.5. The van der Waals surface area contributed by atoms with Crippen molar-refractivity contribution in [3.63, 3.8) is 0 Å². The molecule has 1 atom stereocenters. The number of hydrogen-bond acceptors (Lipinski definition) is 3. The molecule has 2 heterocycles. The average Bonchev–Trinajstić information content (AvgIpc) is 3.06. The van der Waals surface area contributed by atoms with E-state index in [0.717, 1.165) is 11.1 Å². The van der Waals surface area contributed by atoms with Crippen molar-refractivity contribution in [2.75, 3.05) is 4.90 Å². The fourth-order valence-electron chi connectivity index (χ4n) is 3.12. The van der Waals surface area contributed by atoms with Crippen molar-refractivity contribution in [2.45, 2.75) is 12.6 Å². The van der Waals surface area contributed by atoms with Crippen LogP contribution in [0.2, 0.25) is 10.0 Å². The summed E-state index contributed by atoms with van der Waals surface area (Å²) in [5.41, 5.74) is 2.59. The largest absolute Gasteiger partial charge is 0.328 e. The Morgan fingerprint density at radius 3 is 2.46 bits per heavy atom. The van der Waals surface area contributed by atoms with Gasteiger partial charge in [0.2, 0.25) is 0 Å². The van der Waals surface area contributed by atoms with Crippen molar-refractivity contribution in [2.24, 2.45) is 4.99 Å². The van der Waals surface area contributed by atoms with Gasteiger partial charge < -0.3 is 0 Å². The second-order valence-corrected chi connectivity index (χ2v) is 7.08. The lowest BCUT2D eigenvalue weighted by atomic mass is 10.1. The van der Waals surface area contributed by atoms with E-state index in [1.807, 2.05) is 42.5 Å². The molecular weight excluding hydrogens is 395 g/mol. The van der Waals surface area contributed by atoms with Gasteiger partial charge in [-0.1, -0.05) is 53.5 Å². The summed E-state index contributed by atoms with van der Waals surface area (Å²) in [6, 6.07) is 18.1. The van der Waals surface area contributed by atoms with Crippen molar-refractivity contribution in [1.82, 2.24) is 10.3 Å². The number of pyridine rings is 1. The van der Waals surface area contributed by atoms with Crippen LogP contribution < -0.4 is 10.2 Å². The van der Waals surface area contributed by atoms with Crippen LogP contribution in [0.15, 0.2) is 78.0 Å². The highest BCUT2D eigenvalue weighted by Crippen LogP contribution is 2.35. The first-order valence-electron chi connectivity index (χ1n) is 8.67. The van der Waals surface area contributed by atoms with E-state index in [-0.39, 0.29) is 6.03 Å². The summed E-state index contributed by atoms with van der Waals surface area (Å²) in [7, 11) is 0. The van der Waals surface area contributed by atoms with E-state index >= 15 is 0 Å². The summed E-state index contributed by atoms with van der Waals surface area (Å²) < 4.78 is 0. The Bertz CT molecular complexity index is 1030. The average molecular weight is 411 g/mol. The van der Waals surface area contributed by atoms with Crippen LogP contribution >= 0.6 is 23.2 Å². The number of carbonyl (C=O) groups is 1. The lowest BCUT2D eigenvalue weighted by Crippen LogP contribution is -2.29. The first kappa shape index (κ1) is 18.5. The number of benzene rings is 2. The zero-order valence-corrected chi connectivity index (χ0v) is 16.2. The van der Waals surface area contributed by atoms with Gasteiger partial charge in [-0.3, -0.25) is 20.2 Å². The Morgan fingerprint density at radius 2 is 1.75 bits per heavy atom. The Labute approximate surface area is 172 Å². The van der Waals surface area contributed by atoms with Crippen LogP contribution in [0.4, 0.5) is 10.5 Å². The second-order valence-electron chi connectivity index (χ2n) is 6.27. The molecule has 0 aliphatic carbocycles. The SMILES string of the molecule is O=C1NC(=NCc2ccccc2)C(c2ccncc2)N1c1ccc(Cl)c(Cl)c1. The Morgan fingerprint density at radius 1 is 1.00 bits per heavy atom. The van der Waals surface area contributed by atoms with Crippen molar-refractivity contribution in [1.29, 1.82) is 0 Å². The molecule has 2 amide bonds. The monoisotopic (exact) mass is 410 g/mol. The zero-order chi connectivity index (χ0) is 19.5. The summed E-state index contributed by atoms with van der Waals surface area (Å²) in [5, 5.41) is 3.71. The Kier molecular flexibility index (Phi) is 5.28. The van der Waals surface area contributed by atoms with Gasteiger partial charge in [-0.15, -0.1) is 0 Å². The highest BCUT2D eigenvalue weighted by molar-refractivity contribution is 6.42. The summed E-state index contributed by atoms with van der Waals surface area (Å²) in [6.07, 6.45) is 3.39. The molecule has 3 aromatic rings. The van der Waals surface area contributed by atoms with E-state index in [1.165, 1.54) is 0 Å². The van der Waals surface area contributed by atoms with E-state index in [2.05, 4.69) is 15.3 Å².